The highest BCUT2D eigenvalue weighted by Gasteiger charge is 2.60. The summed E-state index contributed by atoms with van der Waals surface area (Å²) in [7, 11) is 1.96. The lowest BCUT2D eigenvalue weighted by Gasteiger charge is -2.60. The minimum atomic E-state index is -0.277. The highest BCUT2D eigenvalue weighted by atomic mass is 16.3. The Morgan fingerprint density at radius 3 is 2.70 bits per heavy atom. The second kappa shape index (κ2) is 6.20. The summed E-state index contributed by atoms with van der Waals surface area (Å²) in [6, 6.07) is 0. The van der Waals surface area contributed by atoms with E-state index in [1.807, 2.05) is 17.9 Å². The van der Waals surface area contributed by atoms with E-state index in [0.29, 0.717) is 11.3 Å². The van der Waals surface area contributed by atoms with Crippen molar-refractivity contribution in [3.05, 3.63) is 23.5 Å². The fraction of sp³-hybridized carbons (Fsp3) is 0.792. The standard InChI is InChI=1S/C24H36N2O/c1-23-10-5-4-6-18(23)7-8-19-20(23)9-11-24(2)21(19)13-17(22(24)27)12-16-14-25-26(3)15-16/h12,14-15,18-22,27H,4-11,13H2,1-3H3/b17-12-/t18-,19+,20-,21-,22+,23-,24-/m0/s1. The van der Waals surface area contributed by atoms with Gasteiger partial charge in [-0.05, 0) is 79.6 Å². The smallest absolute Gasteiger partial charge is 0.0809 e. The number of aliphatic hydroxyl groups excluding tert-OH is 1. The molecular formula is C24H36N2O. The summed E-state index contributed by atoms with van der Waals surface area (Å²) in [6.07, 6.45) is 18.2. The maximum atomic E-state index is 11.3. The molecule has 0 bridgehead atoms. The molecule has 3 nitrogen and oxygen atoms in total. The van der Waals surface area contributed by atoms with Crippen LogP contribution >= 0.6 is 0 Å². The van der Waals surface area contributed by atoms with Crippen molar-refractivity contribution in [2.45, 2.75) is 77.7 Å². The molecule has 0 aromatic carbocycles. The molecule has 3 heteroatoms. The molecule has 4 fully saturated rings. The van der Waals surface area contributed by atoms with Crippen LogP contribution in [0.3, 0.4) is 0 Å². The summed E-state index contributed by atoms with van der Waals surface area (Å²) in [5.74, 6) is 3.33. The fourth-order valence-corrected chi connectivity index (χ4v) is 8.02. The van der Waals surface area contributed by atoms with Gasteiger partial charge in [-0.3, -0.25) is 4.68 Å². The Morgan fingerprint density at radius 1 is 1.07 bits per heavy atom. The normalized spacial score (nSPS) is 48.1. The van der Waals surface area contributed by atoms with Crippen molar-refractivity contribution in [1.29, 1.82) is 0 Å². The van der Waals surface area contributed by atoms with Gasteiger partial charge in [0.15, 0.2) is 0 Å². The first kappa shape index (κ1) is 18.0. The molecule has 1 aromatic rings. The lowest BCUT2D eigenvalue weighted by atomic mass is 9.45. The number of aryl methyl sites for hydroxylation is 1. The lowest BCUT2D eigenvalue weighted by Crippen LogP contribution is -2.53. The molecule has 0 amide bonds. The number of fused-ring (bicyclic) bond motifs is 5. The summed E-state index contributed by atoms with van der Waals surface area (Å²) < 4.78 is 1.85. The van der Waals surface area contributed by atoms with Gasteiger partial charge in [0.1, 0.15) is 0 Å². The van der Waals surface area contributed by atoms with E-state index in [1.165, 1.54) is 56.9 Å². The zero-order chi connectivity index (χ0) is 18.8. The monoisotopic (exact) mass is 368 g/mol. The van der Waals surface area contributed by atoms with Crippen molar-refractivity contribution < 1.29 is 5.11 Å². The zero-order valence-electron chi connectivity index (χ0n) is 17.3. The minimum Gasteiger partial charge on any atom is -0.388 e. The van der Waals surface area contributed by atoms with Gasteiger partial charge >= 0.3 is 0 Å². The van der Waals surface area contributed by atoms with Gasteiger partial charge in [-0.15, -0.1) is 0 Å². The molecule has 0 aliphatic heterocycles. The Kier molecular flexibility index (Phi) is 4.13. The van der Waals surface area contributed by atoms with E-state index in [4.69, 9.17) is 0 Å². The van der Waals surface area contributed by atoms with Crippen LogP contribution in [-0.2, 0) is 7.05 Å². The van der Waals surface area contributed by atoms with Crippen LogP contribution in [0.25, 0.3) is 6.08 Å². The van der Waals surface area contributed by atoms with Crippen LogP contribution in [0.5, 0.6) is 0 Å². The van der Waals surface area contributed by atoms with Crippen LogP contribution in [0.4, 0.5) is 0 Å². The Morgan fingerprint density at radius 2 is 1.93 bits per heavy atom. The molecule has 4 aliphatic rings. The van der Waals surface area contributed by atoms with E-state index in [2.05, 4.69) is 31.2 Å². The number of nitrogens with zero attached hydrogens (tertiary/aromatic N) is 2. The van der Waals surface area contributed by atoms with Crippen molar-refractivity contribution in [2.24, 2.45) is 41.5 Å². The van der Waals surface area contributed by atoms with E-state index < -0.39 is 0 Å². The first-order valence-corrected chi connectivity index (χ1v) is 11.3. The van der Waals surface area contributed by atoms with E-state index in [1.54, 1.807) is 0 Å². The molecule has 5 rings (SSSR count). The van der Waals surface area contributed by atoms with Crippen LogP contribution in [0.15, 0.2) is 18.0 Å². The third kappa shape index (κ3) is 2.60. The maximum Gasteiger partial charge on any atom is 0.0809 e. The van der Waals surface area contributed by atoms with Crippen molar-refractivity contribution in [2.75, 3.05) is 0 Å². The van der Waals surface area contributed by atoms with Crippen molar-refractivity contribution >= 4 is 6.08 Å². The number of aliphatic hydroxyl groups is 1. The molecule has 4 saturated carbocycles. The average Bonchev–Trinajstić information content (AvgIpc) is 3.16. The van der Waals surface area contributed by atoms with E-state index in [0.717, 1.165) is 29.7 Å². The minimum absolute atomic E-state index is 0.0765. The third-order valence-electron chi connectivity index (χ3n) is 9.53. The highest BCUT2D eigenvalue weighted by Crippen LogP contribution is 2.66. The van der Waals surface area contributed by atoms with Gasteiger partial charge in [-0.25, -0.2) is 0 Å². The number of hydrogen-bond donors (Lipinski definition) is 1. The maximum absolute atomic E-state index is 11.3. The van der Waals surface area contributed by atoms with Crippen molar-refractivity contribution in [1.82, 2.24) is 9.78 Å². The number of hydrogen-bond acceptors (Lipinski definition) is 2. The Hall–Kier alpha value is -1.09. The summed E-state index contributed by atoms with van der Waals surface area (Å²) in [5, 5.41) is 15.6. The van der Waals surface area contributed by atoms with E-state index in [9.17, 15) is 5.11 Å². The predicted molar refractivity (Wildman–Crippen MR) is 109 cm³/mol. The molecular weight excluding hydrogens is 332 g/mol. The molecule has 1 heterocycles. The van der Waals surface area contributed by atoms with Crippen LogP contribution in [0.1, 0.15) is 77.2 Å². The van der Waals surface area contributed by atoms with Crippen LogP contribution in [0, 0.1) is 34.5 Å². The Labute approximate surface area is 164 Å². The largest absolute Gasteiger partial charge is 0.388 e. The lowest BCUT2D eigenvalue weighted by molar-refractivity contribution is -0.119. The molecule has 0 unspecified atom stereocenters. The van der Waals surface area contributed by atoms with Crippen LogP contribution in [-0.4, -0.2) is 21.0 Å². The van der Waals surface area contributed by atoms with Gasteiger partial charge in [-0.1, -0.05) is 32.8 Å². The van der Waals surface area contributed by atoms with Gasteiger partial charge in [0.25, 0.3) is 0 Å². The molecule has 4 aliphatic carbocycles. The van der Waals surface area contributed by atoms with Gasteiger partial charge in [0.2, 0.25) is 0 Å². The SMILES string of the molecule is Cn1cc(/C=C2/C[C@H]3[C@@H]4CC[C@@H]5CCCC[C@]5(C)[C@H]4CC[C@]3(C)[C@@H]2O)cn1. The van der Waals surface area contributed by atoms with Crippen LogP contribution in [0.2, 0.25) is 0 Å². The Balaban J connectivity index is 1.45. The fourth-order valence-electron chi connectivity index (χ4n) is 8.02. The van der Waals surface area contributed by atoms with Crippen molar-refractivity contribution in [3.8, 4) is 0 Å². The van der Waals surface area contributed by atoms with Crippen LogP contribution < -0.4 is 0 Å². The summed E-state index contributed by atoms with van der Waals surface area (Å²) in [5.41, 5.74) is 3.04. The van der Waals surface area contributed by atoms with Gasteiger partial charge in [0.05, 0.1) is 12.3 Å². The van der Waals surface area contributed by atoms with Crippen molar-refractivity contribution in [3.63, 3.8) is 0 Å². The molecule has 1 aromatic heterocycles. The number of rotatable bonds is 1. The summed E-state index contributed by atoms with van der Waals surface area (Å²) in [6.45, 7) is 5.02. The second-order valence-electron chi connectivity index (χ2n) is 10.7. The molecule has 27 heavy (non-hydrogen) atoms. The summed E-state index contributed by atoms with van der Waals surface area (Å²) in [4.78, 5) is 0. The van der Waals surface area contributed by atoms with Gasteiger partial charge in [-0.2, -0.15) is 5.10 Å². The van der Waals surface area contributed by atoms with E-state index in [-0.39, 0.29) is 11.5 Å². The first-order chi connectivity index (χ1) is 12.9. The molecule has 0 spiro atoms. The highest BCUT2D eigenvalue weighted by molar-refractivity contribution is 5.54. The number of aromatic nitrogens is 2. The Bertz CT molecular complexity index is 751. The predicted octanol–water partition coefficient (Wildman–Crippen LogP) is 5.21. The third-order valence-corrected chi connectivity index (χ3v) is 9.53. The van der Waals surface area contributed by atoms with Gasteiger partial charge in [0, 0.05) is 24.2 Å². The molecule has 1 N–H and O–H groups in total. The van der Waals surface area contributed by atoms with E-state index >= 15 is 0 Å². The summed E-state index contributed by atoms with van der Waals surface area (Å²) >= 11 is 0. The first-order valence-electron chi connectivity index (χ1n) is 11.3. The topological polar surface area (TPSA) is 38.0 Å². The molecule has 0 saturated heterocycles. The molecule has 0 radical (unpaired) electrons. The second-order valence-corrected chi connectivity index (χ2v) is 10.7. The van der Waals surface area contributed by atoms with Gasteiger partial charge < -0.3 is 5.11 Å². The zero-order valence-corrected chi connectivity index (χ0v) is 17.3. The average molecular weight is 369 g/mol. The molecule has 148 valence electrons. The quantitative estimate of drug-likeness (QED) is 0.739. The molecule has 7 atom stereocenters.